The van der Waals surface area contributed by atoms with Crippen LogP contribution in [-0.2, 0) is 14.3 Å². The lowest BCUT2D eigenvalue weighted by molar-refractivity contribution is -0.236. The first-order chi connectivity index (χ1) is 13.0. The van der Waals surface area contributed by atoms with E-state index in [-0.39, 0.29) is 24.9 Å². The molecule has 0 aliphatic carbocycles. The van der Waals surface area contributed by atoms with E-state index in [1.54, 1.807) is 19.1 Å². The number of H-pyrrole nitrogens is 1. The summed E-state index contributed by atoms with van der Waals surface area (Å²) in [5.41, 5.74) is 1.45. The standard InChI is InChI=1S/C19H22FN3O4/c1-19(18(24)25)9-26-17(27-10-19)16-22-14(11-2-4-13(20)5-3-11)15(23-16)12-6-7-21-8-12/h2-5,12,17,21H,6-10H2,1H3,(H,22,23)(H,24,25). The van der Waals surface area contributed by atoms with E-state index >= 15 is 0 Å². The maximum Gasteiger partial charge on any atom is 0.314 e. The summed E-state index contributed by atoms with van der Waals surface area (Å²) in [6.07, 6.45) is 0.221. The maximum absolute atomic E-state index is 13.3. The Morgan fingerprint density at radius 2 is 2.00 bits per heavy atom. The van der Waals surface area contributed by atoms with Gasteiger partial charge in [0.05, 0.1) is 18.9 Å². The van der Waals surface area contributed by atoms with Gasteiger partial charge in [-0.15, -0.1) is 0 Å². The highest BCUT2D eigenvalue weighted by Crippen LogP contribution is 2.35. The van der Waals surface area contributed by atoms with E-state index in [0.29, 0.717) is 5.82 Å². The molecule has 1 aromatic carbocycles. The Hall–Kier alpha value is -2.29. The number of carboxylic acids is 1. The Kier molecular flexibility index (Phi) is 4.71. The van der Waals surface area contributed by atoms with Crippen molar-refractivity contribution in [2.75, 3.05) is 26.3 Å². The van der Waals surface area contributed by atoms with Crippen molar-refractivity contribution in [3.63, 3.8) is 0 Å². The molecule has 1 atom stereocenters. The van der Waals surface area contributed by atoms with Crippen LogP contribution in [0, 0.1) is 11.2 Å². The first-order valence-electron chi connectivity index (χ1n) is 8.99. The zero-order valence-corrected chi connectivity index (χ0v) is 15.0. The summed E-state index contributed by atoms with van der Waals surface area (Å²) in [7, 11) is 0. The van der Waals surface area contributed by atoms with Crippen LogP contribution in [0.2, 0.25) is 0 Å². The quantitative estimate of drug-likeness (QED) is 0.760. The highest BCUT2D eigenvalue weighted by Gasteiger charge is 2.41. The summed E-state index contributed by atoms with van der Waals surface area (Å²) >= 11 is 0. The Bertz CT molecular complexity index is 822. The molecule has 8 heteroatoms. The van der Waals surface area contributed by atoms with Crippen molar-refractivity contribution in [1.29, 1.82) is 0 Å². The third-order valence-corrected chi connectivity index (χ3v) is 5.18. The molecule has 7 nitrogen and oxygen atoms in total. The maximum atomic E-state index is 13.3. The molecule has 2 aliphatic rings. The van der Waals surface area contributed by atoms with Crippen molar-refractivity contribution >= 4 is 5.97 Å². The number of carboxylic acid groups (broad SMARTS) is 1. The molecule has 4 rings (SSSR count). The average molecular weight is 375 g/mol. The number of rotatable bonds is 4. The number of aromatic nitrogens is 2. The summed E-state index contributed by atoms with van der Waals surface area (Å²) in [5.74, 6) is -0.488. The summed E-state index contributed by atoms with van der Waals surface area (Å²) in [6.45, 7) is 3.43. The van der Waals surface area contributed by atoms with Crippen LogP contribution in [0.3, 0.4) is 0 Å². The number of imidazole rings is 1. The number of aliphatic carboxylic acids is 1. The van der Waals surface area contributed by atoms with Crippen LogP contribution in [-0.4, -0.2) is 47.3 Å². The molecule has 2 aromatic rings. The Labute approximate surface area is 155 Å². The molecule has 2 fully saturated rings. The van der Waals surface area contributed by atoms with Gasteiger partial charge in [0.1, 0.15) is 11.2 Å². The van der Waals surface area contributed by atoms with Crippen molar-refractivity contribution < 1.29 is 23.8 Å². The molecule has 2 aliphatic heterocycles. The minimum atomic E-state index is -1.07. The predicted molar refractivity (Wildman–Crippen MR) is 94.6 cm³/mol. The second kappa shape index (κ2) is 7.03. The molecule has 1 aromatic heterocycles. The third-order valence-electron chi connectivity index (χ3n) is 5.18. The van der Waals surface area contributed by atoms with Crippen molar-refractivity contribution in [3.8, 4) is 11.3 Å². The number of halogens is 1. The summed E-state index contributed by atoms with van der Waals surface area (Å²) < 4.78 is 24.6. The van der Waals surface area contributed by atoms with E-state index in [1.807, 2.05) is 0 Å². The van der Waals surface area contributed by atoms with E-state index in [9.17, 15) is 14.3 Å². The Morgan fingerprint density at radius 1 is 1.30 bits per heavy atom. The van der Waals surface area contributed by atoms with E-state index in [4.69, 9.17) is 9.47 Å². The first-order valence-corrected chi connectivity index (χ1v) is 8.99. The van der Waals surface area contributed by atoms with E-state index < -0.39 is 17.7 Å². The van der Waals surface area contributed by atoms with Crippen molar-refractivity contribution in [1.82, 2.24) is 15.3 Å². The molecule has 3 N–H and O–H groups in total. The van der Waals surface area contributed by atoms with Crippen molar-refractivity contribution in [3.05, 3.63) is 41.6 Å². The number of aromatic amines is 1. The lowest BCUT2D eigenvalue weighted by Gasteiger charge is -2.33. The van der Waals surface area contributed by atoms with Gasteiger partial charge in [-0.05, 0) is 44.2 Å². The normalized spacial score (nSPS) is 28.4. The molecule has 2 saturated heterocycles. The van der Waals surface area contributed by atoms with Crippen LogP contribution in [0.15, 0.2) is 24.3 Å². The van der Waals surface area contributed by atoms with Gasteiger partial charge in [0.25, 0.3) is 0 Å². The fraction of sp³-hybridized carbons (Fsp3) is 0.474. The number of nitrogens with zero attached hydrogens (tertiary/aromatic N) is 1. The zero-order valence-electron chi connectivity index (χ0n) is 15.0. The van der Waals surface area contributed by atoms with Crippen molar-refractivity contribution in [2.24, 2.45) is 5.41 Å². The molecule has 0 bridgehead atoms. The molecule has 1 unspecified atom stereocenters. The molecular formula is C19H22FN3O4. The van der Waals surface area contributed by atoms with E-state index in [2.05, 4.69) is 15.3 Å². The van der Waals surface area contributed by atoms with Crippen LogP contribution >= 0.6 is 0 Å². The number of hydrogen-bond donors (Lipinski definition) is 3. The average Bonchev–Trinajstić information content (AvgIpc) is 3.32. The Morgan fingerprint density at radius 3 is 2.59 bits per heavy atom. The Balaban J connectivity index is 1.63. The van der Waals surface area contributed by atoms with Gasteiger partial charge in [-0.2, -0.15) is 0 Å². The van der Waals surface area contributed by atoms with Gasteiger partial charge in [0.15, 0.2) is 5.82 Å². The first kappa shape index (κ1) is 18.1. The highest BCUT2D eigenvalue weighted by molar-refractivity contribution is 5.74. The van der Waals surface area contributed by atoms with E-state index in [0.717, 1.165) is 36.5 Å². The molecule has 0 radical (unpaired) electrons. The third kappa shape index (κ3) is 3.47. The van der Waals surface area contributed by atoms with Gasteiger partial charge >= 0.3 is 5.97 Å². The molecule has 0 spiro atoms. The van der Waals surface area contributed by atoms with Crippen LogP contribution < -0.4 is 5.32 Å². The summed E-state index contributed by atoms with van der Waals surface area (Å²) in [5, 5.41) is 12.6. The second-order valence-corrected chi connectivity index (χ2v) is 7.40. The van der Waals surface area contributed by atoms with Gasteiger partial charge < -0.3 is 24.9 Å². The summed E-state index contributed by atoms with van der Waals surface area (Å²) in [4.78, 5) is 19.3. The molecule has 3 heterocycles. The fourth-order valence-electron chi connectivity index (χ4n) is 3.43. The van der Waals surface area contributed by atoms with E-state index in [1.165, 1.54) is 12.1 Å². The van der Waals surface area contributed by atoms with Crippen molar-refractivity contribution in [2.45, 2.75) is 25.6 Å². The molecule has 0 saturated carbocycles. The van der Waals surface area contributed by atoms with Gasteiger partial charge in [0.2, 0.25) is 6.29 Å². The molecular weight excluding hydrogens is 353 g/mol. The lowest BCUT2D eigenvalue weighted by Crippen LogP contribution is -2.42. The second-order valence-electron chi connectivity index (χ2n) is 7.40. The molecule has 0 amide bonds. The van der Waals surface area contributed by atoms with Crippen LogP contribution in [0.25, 0.3) is 11.3 Å². The monoisotopic (exact) mass is 375 g/mol. The van der Waals surface area contributed by atoms with Gasteiger partial charge in [-0.25, -0.2) is 9.37 Å². The molecule has 144 valence electrons. The van der Waals surface area contributed by atoms with Gasteiger partial charge in [0, 0.05) is 23.7 Å². The molecule has 27 heavy (non-hydrogen) atoms. The highest BCUT2D eigenvalue weighted by atomic mass is 19.1. The minimum Gasteiger partial charge on any atom is -0.481 e. The minimum absolute atomic E-state index is 0.0416. The van der Waals surface area contributed by atoms with Crippen LogP contribution in [0.4, 0.5) is 4.39 Å². The number of nitrogens with one attached hydrogen (secondary N) is 2. The zero-order chi connectivity index (χ0) is 19.0. The fourth-order valence-corrected chi connectivity index (χ4v) is 3.43. The predicted octanol–water partition coefficient (Wildman–Crippen LogP) is 2.43. The summed E-state index contributed by atoms with van der Waals surface area (Å²) in [6, 6.07) is 6.22. The number of ether oxygens (including phenoxy) is 2. The largest absolute Gasteiger partial charge is 0.481 e. The lowest BCUT2D eigenvalue weighted by atomic mass is 9.92. The van der Waals surface area contributed by atoms with Crippen LogP contribution in [0.1, 0.15) is 37.1 Å². The topological polar surface area (TPSA) is 96.5 Å². The smallest absolute Gasteiger partial charge is 0.314 e. The van der Waals surface area contributed by atoms with Crippen LogP contribution in [0.5, 0.6) is 0 Å². The SMILES string of the molecule is CC1(C(=O)O)COC(c2nc(-c3ccc(F)cc3)c(C3CCNC3)[nH]2)OC1. The number of benzene rings is 1. The van der Waals surface area contributed by atoms with Gasteiger partial charge in [-0.1, -0.05) is 0 Å². The number of hydrogen-bond acceptors (Lipinski definition) is 5. The van der Waals surface area contributed by atoms with Gasteiger partial charge in [-0.3, -0.25) is 4.79 Å². The number of carbonyl (C=O) groups is 1.